The highest BCUT2D eigenvalue weighted by molar-refractivity contribution is 7.89. The second-order valence-corrected chi connectivity index (χ2v) is 8.13. The SMILES string of the molecule is CC1CCCC(C)N(Cc2nc(CS(C)(=O)=O)no2)C1. The summed E-state index contributed by atoms with van der Waals surface area (Å²) in [7, 11) is -3.12. The van der Waals surface area contributed by atoms with Gasteiger partial charge in [0.05, 0.1) is 6.54 Å². The summed E-state index contributed by atoms with van der Waals surface area (Å²) in [6.45, 7) is 6.09. The van der Waals surface area contributed by atoms with Crippen molar-refractivity contribution in [2.45, 2.75) is 51.4 Å². The molecule has 1 aliphatic heterocycles. The Balaban J connectivity index is 2.01. The van der Waals surface area contributed by atoms with Crippen molar-refractivity contribution in [1.82, 2.24) is 15.0 Å². The van der Waals surface area contributed by atoms with Gasteiger partial charge in [-0.2, -0.15) is 4.98 Å². The predicted octanol–water partition coefficient (Wildman–Crippen LogP) is 1.62. The normalized spacial score (nSPS) is 25.6. The summed E-state index contributed by atoms with van der Waals surface area (Å²) in [5.74, 6) is 1.25. The fraction of sp³-hybridized carbons (Fsp3) is 0.846. The first-order valence-electron chi connectivity index (χ1n) is 7.06. The van der Waals surface area contributed by atoms with Crippen LogP contribution in [0.1, 0.15) is 44.8 Å². The van der Waals surface area contributed by atoms with Crippen molar-refractivity contribution < 1.29 is 12.9 Å². The monoisotopic (exact) mass is 301 g/mol. The molecular weight excluding hydrogens is 278 g/mol. The van der Waals surface area contributed by atoms with E-state index in [0.717, 1.165) is 6.54 Å². The lowest BCUT2D eigenvalue weighted by atomic mass is 10.1. The number of aromatic nitrogens is 2. The Morgan fingerprint density at radius 1 is 1.35 bits per heavy atom. The van der Waals surface area contributed by atoms with E-state index in [4.69, 9.17) is 4.52 Å². The molecule has 0 aromatic carbocycles. The number of hydrogen-bond acceptors (Lipinski definition) is 6. The Morgan fingerprint density at radius 2 is 2.10 bits per heavy atom. The standard InChI is InChI=1S/C13H23N3O3S/c1-10-5-4-6-11(2)16(7-10)8-13-14-12(15-19-13)9-20(3,17)18/h10-11H,4-9H2,1-3H3. The van der Waals surface area contributed by atoms with E-state index < -0.39 is 9.84 Å². The van der Waals surface area contributed by atoms with Crippen molar-refractivity contribution in [2.24, 2.45) is 5.92 Å². The molecular formula is C13H23N3O3S. The molecule has 1 aliphatic rings. The van der Waals surface area contributed by atoms with Gasteiger partial charge in [0.2, 0.25) is 5.89 Å². The van der Waals surface area contributed by atoms with Crippen LogP contribution in [0.25, 0.3) is 0 Å². The summed E-state index contributed by atoms with van der Waals surface area (Å²) < 4.78 is 27.6. The van der Waals surface area contributed by atoms with E-state index >= 15 is 0 Å². The van der Waals surface area contributed by atoms with Crippen molar-refractivity contribution in [3.05, 3.63) is 11.7 Å². The molecule has 2 unspecified atom stereocenters. The maximum atomic E-state index is 11.2. The summed E-state index contributed by atoms with van der Waals surface area (Å²) in [4.78, 5) is 6.52. The summed E-state index contributed by atoms with van der Waals surface area (Å²) in [5, 5.41) is 3.74. The molecule has 1 fully saturated rings. The first-order chi connectivity index (χ1) is 9.33. The topological polar surface area (TPSA) is 76.3 Å². The molecule has 0 saturated carbocycles. The van der Waals surface area contributed by atoms with Crippen molar-refractivity contribution in [3.63, 3.8) is 0 Å². The zero-order valence-electron chi connectivity index (χ0n) is 12.4. The van der Waals surface area contributed by atoms with Crippen LogP contribution in [0.2, 0.25) is 0 Å². The van der Waals surface area contributed by atoms with E-state index in [-0.39, 0.29) is 11.6 Å². The quantitative estimate of drug-likeness (QED) is 0.841. The second kappa shape index (κ2) is 6.22. The minimum atomic E-state index is -3.12. The molecule has 1 saturated heterocycles. The van der Waals surface area contributed by atoms with Crippen LogP contribution in [-0.4, -0.2) is 42.3 Å². The molecule has 0 N–H and O–H groups in total. The third kappa shape index (κ3) is 4.56. The minimum Gasteiger partial charge on any atom is -0.338 e. The average Bonchev–Trinajstić information content (AvgIpc) is 2.66. The Hall–Kier alpha value is -0.950. The van der Waals surface area contributed by atoms with Gasteiger partial charge in [0.25, 0.3) is 0 Å². The molecule has 1 aromatic heterocycles. The Labute approximate surface area is 120 Å². The summed E-state index contributed by atoms with van der Waals surface area (Å²) in [6, 6.07) is 0.491. The molecule has 0 spiro atoms. The molecule has 6 nitrogen and oxygen atoms in total. The largest absolute Gasteiger partial charge is 0.338 e. The Kier molecular flexibility index (Phi) is 4.80. The second-order valence-electron chi connectivity index (χ2n) is 5.99. The van der Waals surface area contributed by atoms with E-state index in [9.17, 15) is 8.42 Å². The van der Waals surface area contributed by atoms with Crippen molar-refractivity contribution in [1.29, 1.82) is 0 Å². The van der Waals surface area contributed by atoms with Crippen LogP contribution in [0.3, 0.4) is 0 Å². The van der Waals surface area contributed by atoms with Crippen molar-refractivity contribution in [2.75, 3.05) is 12.8 Å². The lowest BCUT2D eigenvalue weighted by molar-refractivity contribution is 0.163. The van der Waals surface area contributed by atoms with E-state index in [1.807, 2.05) is 0 Å². The zero-order valence-corrected chi connectivity index (χ0v) is 13.2. The van der Waals surface area contributed by atoms with Gasteiger partial charge >= 0.3 is 0 Å². The molecule has 0 amide bonds. The maximum Gasteiger partial charge on any atom is 0.240 e. The lowest BCUT2D eigenvalue weighted by Crippen LogP contribution is -2.34. The van der Waals surface area contributed by atoms with Gasteiger partial charge in [-0.3, -0.25) is 4.90 Å². The fourth-order valence-corrected chi connectivity index (χ4v) is 3.24. The van der Waals surface area contributed by atoms with Gasteiger partial charge in [0.15, 0.2) is 15.7 Å². The third-order valence-corrected chi connectivity index (χ3v) is 4.51. The molecule has 2 heterocycles. The smallest absolute Gasteiger partial charge is 0.240 e. The van der Waals surface area contributed by atoms with Gasteiger partial charge in [0, 0.05) is 18.8 Å². The van der Waals surface area contributed by atoms with E-state index in [0.29, 0.717) is 24.4 Å². The van der Waals surface area contributed by atoms with Crippen LogP contribution < -0.4 is 0 Å². The van der Waals surface area contributed by atoms with Gasteiger partial charge in [-0.05, 0) is 25.7 Å². The molecule has 114 valence electrons. The predicted molar refractivity (Wildman–Crippen MR) is 75.7 cm³/mol. The molecule has 2 atom stereocenters. The van der Waals surface area contributed by atoms with Gasteiger partial charge in [-0.1, -0.05) is 18.5 Å². The van der Waals surface area contributed by atoms with Crippen LogP contribution in [0, 0.1) is 5.92 Å². The van der Waals surface area contributed by atoms with E-state index in [2.05, 4.69) is 28.9 Å². The van der Waals surface area contributed by atoms with Gasteiger partial charge < -0.3 is 4.52 Å². The first kappa shape index (κ1) is 15.4. The number of likely N-dealkylation sites (tertiary alicyclic amines) is 1. The summed E-state index contributed by atoms with van der Waals surface area (Å²) >= 11 is 0. The third-order valence-electron chi connectivity index (χ3n) is 3.73. The van der Waals surface area contributed by atoms with E-state index in [1.54, 1.807) is 0 Å². The number of rotatable bonds is 4. The Bertz CT molecular complexity index is 541. The average molecular weight is 301 g/mol. The number of nitrogens with zero attached hydrogens (tertiary/aromatic N) is 3. The van der Waals surface area contributed by atoms with Crippen LogP contribution in [0.5, 0.6) is 0 Å². The Morgan fingerprint density at radius 3 is 2.80 bits per heavy atom. The summed E-state index contributed by atoms with van der Waals surface area (Å²) in [5.41, 5.74) is 0. The van der Waals surface area contributed by atoms with Crippen molar-refractivity contribution >= 4 is 9.84 Å². The zero-order chi connectivity index (χ0) is 14.8. The van der Waals surface area contributed by atoms with Gasteiger partial charge in [0.1, 0.15) is 5.75 Å². The first-order valence-corrected chi connectivity index (χ1v) is 9.13. The lowest BCUT2D eigenvalue weighted by Gasteiger charge is -2.26. The minimum absolute atomic E-state index is 0.164. The highest BCUT2D eigenvalue weighted by Gasteiger charge is 2.23. The highest BCUT2D eigenvalue weighted by atomic mass is 32.2. The van der Waals surface area contributed by atoms with Crippen molar-refractivity contribution in [3.8, 4) is 0 Å². The fourth-order valence-electron chi connectivity index (χ4n) is 2.66. The number of hydrogen-bond donors (Lipinski definition) is 0. The molecule has 0 bridgehead atoms. The van der Waals surface area contributed by atoms with Gasteiger partial charge in [-0.15, -0.1) is 0 Å². The summed E-state index contributed by atoms with van der Waals surface area (Å²) in [6.07, 6.45) is 4.85. The molecule has 7 heteroatoms. The maximum absolute atomic E-state index is 11.2. The number of sulfone groups is 1. The highest BCUT2D eigenvalue weighted by Crippen LogP contribution is 2.22. The van der Waals surface area contributed by atoms with Crippen LogP contribution in [0.15, 0.2) is 4.52 Å². The van der Waals surface area contributed by atoms with Crippen LogP contribution >= 0.6 is 0 Å². The molecule has 2 rings (SSSR count). The molecule has 20 heavy (non-hydrogen) atoms. The van der Waals surface area contributed by atoms with E-state index in [1.165, 1.54) is 25.5 Å². The molecule has 0 radical (unpaired) electrons. The van der Waals surface area contributed by atoms with Crippen LogP contribution in [0.4, 0.5) is 0 Å². The molecule has 0 aliphatic carbocycles. The molecule has 1 aromatic rings. The van der Waals surface area contributed by atoms with Gasteiger partial charge in [-0.25, -0.2) is 8.42 Å². The van der Waals surface area contributed by atoms with Crippen LogP contribution in [-0.2, 0) is 22.1 Å².